The van der Waals surface area contributed by atoms with E-state index in [4.69, 9.17) is 4.74 Å². The number of rotatable bonds is 12. The highest BCUT2D eigenvalue weighted by atomic mass is 16.5. The van der Waals surface area contributed by atoms with Crippen LogP contribution in [0.2, 0.25) is 0 Å². The van der Waals surface area contributed by atoms with Crippen molar-refractivity contribution in [3.8, 4) is 0 Å². The van der Waals surface area contributed by atoms with Gasteiger partial charge in [-0.3, -0.25) is 4.90 Å². The number of ether oxygens (including phenoxy) is 1. The Kier molecular flexibility index (Phi) is 11.6. The molecule has 0 aliphatic carbocycles. The molecule has 0 aliphatic rings. The van der Waals surface area contributed by atoms with Crippen molar-refractivity contribution >= 4 is 0 Å². The Bertz CT molecular complexity index is 198. The van der Waals surface area contributed by atoms with E-state index in [0.29, 0.717) is 12.0 Å². The van der Waals surface area contributed by atoms with Gasteiger partial charge in [-0.05, 0) is 33.0 Å². The lowest BCUT2D eigenvalue weighted by atomic mass is 10.1. The topological polar surface area (TPSA) is 27.7 Å². The molecule has 0 aromatic carbocycles. The maximum absolute atomic E-state index is 5.41. The summed E-state index contributed by atoms with van der Waals surface area (Å²) in [4.78, 5) is 4.81. The van der Waals surface area contributed by atoms with Crippen LogP contribution in [0.3, 0.4) is 0 Å². The second-order valence-corrected chi connectivity index (χ2v) is 6.01. The third-order valence-corrected chi connectivity index (χ3v) is 3.12. The van der Waals surface area contributed by atoms with Gasteiger partial charge in [0, 0.05) is 39.3 Å². The first-order valence-corrected chi connectivity index (χ1v) is 7.59. The van der Waals surface area contributed by atoms with Crippen LogP contribution >= 0.6 is 0 Å². The molecule has 0 rings (SSSR count). The summed E-state index contributed by atoms with van der Waals surface area (Å²) in [6.07, 6.45) is 1.18. The van der Waals surface area contributed by atoms with E-state index in [0.717, 1.165) is 39.3 Å². The standard InChI is InChI=1S/C15H35N3O/c1-7-8-16-11-15(13-19-6)18(12-14(2)3)10-9-17(4)5/h14-16H,7-13H2,1-6H3. The maximum atomic E-state index is 5.41. The van der Waals surface area contributed by atoms with Crippen LogP contribution in [0, 0.1) is 5.92 Å². The number of methoxy groups -OCH3 is 1. The molecule has 4 nitrogen and oxygen atoms in total. The predicted octanol–water partition coefficient (Wildman–Crippen LogP) is 1.52. The summed E-state index contributed by atoms with van der Waals surface area (Å²) in [7, 11) is 6.06. The third kappa shape index (κ3) is 10.3. The van der Waals surface area contributed by atoms with Gasteiger partial charge in [-0.15, -0.1) is 0 Å². The van der Waals surface area contributed by atoms with E-state index in [1.165, 1.54) is 6.42 Å². The maximum Gasteiger partial charge on any atom is 0.0630 e. The lowest BCUT2D eigenvalue weighted by molar-refractivity contribution is 0.0768. The molecule has 19 heavy (non-hydrogen) atoms. The van der Waals surface area contributed by atoms with Crippen LogP contribution in [-0.2, 0) is 4.74 Å². The Morgan fingerprint density at radius 1 is 1.16 bits per heavy atom. The van der Waals surface area contributed by atoms with Crippen molar-refractivity contribution in [2.75, 3.05) is 60.5 Å². The third-order valence-electron chi connectivity index (χ3n) is 3.12. The van der Waals surface area contributed by atoms with Gasteiger partial charge < -0.3 is 15.0 Å². The monoisotopic (exact) mass is 273 g/mol. The van der Waals surface area contributed by atoms with Gasteiger partial charge in [0.25, 0.3) is 0 Å². The van der Waals surface area contributed by atoms with Crippen LogP contribution in [0.25, 0.3) is 0 Å². The molecule has 0 saturated carbocycles. The van der Waals surface area contributed by atoms with E-state index in [2.05, 4.69) is 50.0 Å². The Labute approximate surface area is 120 Å². The fourth-order valence-electron chi connectivity index (χ4n) is 2.15. The van der Waals surface area contributed by atoms with Gasteiger partial charge in [-0.25, -0.2) is 0 Å². The summed E-state index contributed by atoms with van der Waals surface area (Å²) >= 11 is 0. The zero-order chi connectivity index (χ0) is 14.7. The molecule has 0 heterocycles. The lowest BCUT2D eigenvalue weighted by Gasteiger charge is -2.33. The SMILES string of the molecule is CCCNCC(COC)N(CCN(C)C)CC(C)C. The molecule has 0 aromatic rings. The highest BCUT2D eigenvalue weighted by molar-refractivity contribution is 4.75. The fourth-order valence-corrected chi connectivity index (χ4v) is 2.15. The molecule has 1 atom stereocenters. The second kappa shape index (κ2) is 11.6. The minimum Gasteiger partial charge on any atom is -0.383 e. The minimum absolute atomic E-state index is 0.471. The van der Waals surface area contributed by atoms with E-state index < -0.39 is 0 Å². The molecule has 0 radical (unpaired) electrons. The Balaban J connectivity index is 4.41. The number of hydrogen-bond acceptors (Lipinski definition) is 4. The average Bonchev–Trinajstić information content (AvgIpc) is 2.33. The van der Waals surface area contributed by atoms with E-state index in [9.17, 15) is 0 Å². The molecule has 0 aliphatic heterocycles. The molecule has 116 valence electrons. The van der Waals surface area contributed by atoms with Gasteiger partial charge in [-0.2, -0.15) is 0 Å². The molecule has 0 fully saturated rings. The quantitative estimate of drug-likeness (QED) is 0.546. The second-order valence-electron chi connectivity index (χ2n) is 6.01. The van der Waals surface area contributed by atoms with Gasteiger partial charge >= 0.3 is 0 Å². The van der Waals surface area contributed by atoms with Crippen LogP contribution in [0.1, 0.15) is 27.2 Å². The van der Waals surface area contributed by atoms with Crippen LogP contribution in [-0.4, -0.2) is 76.4 Å². The first-order chi connectivity index (χ1) is 9.01. The summed E-state index contributed by atoms with van der Waals surface area (Å²) in [5.74, 6) is 0.688. The van der Waals surface area contributed by atoms with Crippen LogP contribution in [0.5, 0.6) is 0 Å². The zero-order valence-corrected chi connectivity index (χ0v) is 13.9. The summed E-state index contributed by atoms with van der Waals surface area (Å²) in [5, 5.41) is 3.53. The minimum atomic E-state index is 0.471. The van der Waals surface area contributed by atoms with Crippen LogP contribution in [0.15, 0.2) is 0 Å². The number of hydrogen-bond donors (Lipinski definition) is 1. The molecule has 0 saturated heterocycles. The Morgan fingerprint density at radius 3 is 2.32 bits per heavy atom. The van der Waals surface area contributed by atoms with Crippen molar-refractivity contribution in [2.45, 2.75) is 33.2 Å². The zero-order valence-electron chi connectivity index (χ0n) is 13.9. The first kappa shape index (κ1) is 18.8. The molecule has 1 unspecified atom stereocenters. The normalized spacial score (nSPS) is 13.7. The Morgan fingerprint density at radius 2 is 1.84 bits per heavy atom. The molecule has 0 bridgehead atoms. The fraction of sp³-hybridized carbons (Fsp3) is 1.00. The predicted molar refractivity (Wildman–Crippen MR) is 83.8 cm³/mol. The summed E-state index contributed by atoms with van der Waals surface area (Å²) in [5.41, 5.74) is 0. The van der Waals surface area contributed by atoms with Gasteiger partial charge in [0.15, 0.2) is 0 Å². The van der Waals surface area contributed by atoms with Gasteiger partial charge in [-0.1, -0.05) is 20.8 Å². The van der Waals surface area contributed by atoms with E-state index in [-0.39, 0.29) is 0 Å². The first-order valence-electron chi connectivity index (χ1n) is 7.59. The molecular formula is C15H35N3O. The van der Waals surface area contributed by atoms with Crippen LogP contribution in [0.4, 0.5) is 0 Å². The van der Waals surface area contributed by atoms with Gasteiger partial charge in [0.2, 0.25) is 0 Å². The average molecular weight is 273 g/mol. The van der Waals surface area contributed by atoms with E-state index in [1.54, 1.807) is 7.11 Å². The lowest BCUT2D eigenvalue weighted by Crippen LogP contribution is -2.48. The van der Waals surface area contributed by atoms with Crippen molar-refractivity contribution < 1.29 is 4.74 Å². The molecule has 4 heteroatoms. The molecular weight excluding hydrogens is 238 g/mol. The summed E-state index contributed by atoms with van der Waals surface area (Å²) in [6.45, 7) is 13.0. The van der Waals surface area contributed by atoms with E-state index in [1.807, 2.05) is 0 Å². The smallest absolute Gasteiger partial charge is 0.0630 e. The highest BCUT2D eigenvalue weighted by Crippen LogP contribution is 2.05. The molecule has 0 amide bonds. The summed E-state index contributed by atoms with van der Waals surface area (Å²) in [6, 6.07) is 0.471. The van der Waals surface area contributed by atoms with Crippen molar-refractivity contribution in [1.29, 1.82) is 0 Å². The van der Waals surface area contributed by atoms with Gasteiger partial charge in [0.1, 0.15) is 0 Å². The largest absolute Gasteiger partial charge is 0.383 e. The van der Waals surface area contributed by atoms with Crippen molar-refractivity contribution in [2.24, 2.45) is 5.92 Å². The van der Waals surface area contributed by atoms with E-state index >= 15 is 0 Å². The number of nitrogens with one attached hydrogen (secondary N) is 1. The van der Waals surface area contributed by atoms with Crippen LogP contribution < -0.4 is 5.32 Å². The van der Waals surface area contributed by atoms with Crippen molar-refractivity contribution in [3.05, 3.63) is 0 Å². The Hall–Kier alpha value is -0.160. The molecule has 0 aromatic heterocycles. The number of likely N-dealkylation sites (N-methyl/N-ethyl adjacent to an activating group) is 1. The number of nitrogens with zero attached hydrogens (tertiary/aromatic N) is 2. The van der Waals surface area contributed by atoms with Crippen molar-refractivity contribution in [1.82, 2.24) is 15.1 Å². The highest BCUT2D eigenvalue weighted by Gasteiger charge is 2.19. The molecule has 0 spiro atoms. The molecule has 1 N–H and O–H groups in total. The summed E-state index contributed by atoms with van der Waals surface area (Å²) < 4.78 is 5.41. The van der Waals surface area contributed by atoms with Gasteiger partial charge in [0.05, 0.1) is 6.61 Å². The van der Waals surface area contributed by atoms with Crippen molar-refractivity contribution in [3.63, 3.8) is 0 Å².